The maximum absolute atomic E-state index is 4.45. The number of imidazole rings is 1. The molecule has 1 aromatic heterocycles. The van der Waals surface area contributed by atoms with Gasteiger partial charge in [0.2, 0.25) is 0 Å². The first-order chi connectivity index (χ1) is 9.63. The summed E-state index contributed by atoms with van der Waals surface area (Å²) in [6, 6.07) is 1.14. The monoisotopic (exact) mass is 277 g/mol. The van der Waals surface area contributed by atoms with Gasteiger partial charge in [-0.25, -0.2) is 9.66 Å². The summed E-state index contributed by atoms with van der Waals surface area (Å²) >= 11 is 0. The number of piperazine rings is 1. The van der Waals surface area contributed by atoms with Crippen LogP contribution in [0.1, 0.15) is 32.3 Å². The van der Waals surface area contributed by atoms with E-state index in [1.54, 1.807) is 0 Å². The minimum Gasteiger partial charge on any atom is -0.327 e. The summed E-state index contributed by atoms with van der Waals surface area (Å²) in [4.78, 5) is 6.94. The molecule has 1 aromatic rings. The average molecular weight is 277 g/mol. The van der Waals surface area contributed by atoms with Crippen LogP contribution in [-0.4, -0.2) is 53.3 Å². The molecule has 0 unspecified atom stereocenters. The topological polar surface area (TPSA) is 45.1 Å². The lowest BCUT2D eigenvalue weighted by molar-refractivity contribution is 0.190. The van der Waals surface area contributed by atoms with E-state index >= 15 is 0 Å². The molecule has 0 aromatic carbocycles. The van der Waals surface area contributed by atoms with Crippen LogP contribution < -0.4 is 10.7 Å². The van der Waals surface area contributed by atoms with Gasteiger partial charge in [0.15, 0.2) is 5.82 Å². The highest BCUT2D eigenvalue weighted by molar-refractivity contribution is 5.42. The quantitative estimate of drug-likeness (QED) is 0.852. The Morgan fingerprint density at radius 1 is 1.40 bits per heavy atom. The van der Waals surface area contributed by atoms with Crippen molar-refractivity contribution in [2.24, 2.45) is 0 Å². The molecule has 0 saturated carbocycles. The van der Waals surface area contributed by atoms with E-state index in [2.05, 4.69) is 53.5 Å². The molecule has 1 saturated heterocycles. The zero-order valence-electron chi connectivity index (χ0n) is 13.1. The van der Waals surface area contributed by atoms with Gasteiger partial charge in [-0.3, -0.25) is 4.90 Å². The zero-order valence-corrected chi connectivity index (χ0v) is 13.1. The largest absolute Gasteiger partial charge is 0.327 e. The van der Waals surface area contributed by atoms with E-state index in [4.69, 9.17) is 0 Å². The molecular formula is C15H27N5. The molecule has 1 fully saturated rings. The summed E-state index contributed by atoms with van der Waals surface area (Å²) in [6.07, 6.45) is 7.23. The lowest BCUT2D eigenvalue weighted by Crippen LogP contribution is -2.54. The van der Waals surface area contributed by atoms with Crippen molar-refractivity contribution in [1.82, 2.24) is 19.9 Å². The first kappa shape index (κ1) is 15.1. The van der Waals surface area contributed by atoms with Gasteiger partial charge in [-0.2, -0.15) is 0 Å². The van der Waals surface area contributed by atoms with Crippen molar-refractivity contribution in [2.75, 3.05) is 32.1 Å². The van der Waals surface area contributed by atoms with Gasteiger partial charge in [-0.05, 0) is 26.3 Å². The number of aromatic nitrogens is 2. The highest BCUT2D eigenvalue weighted by Crippen LogP contribution is 2.07. The van der Waals surface area contributed by atoms with Gasteiger partial charge in [-0.15, -0.1) is 0 Å². The van der Waals surface area contributed by atoms with Gasteiger partial charge in [0.1, 0.15) is 0 Å². The van der Waals surface area contributed by atoms with E-state index < -0.39 is 0 Å². The molecule has 0 amide bonds. The Morgan fingerprint density at radius 2 is 2.10 bits per heavy atom. The molecule has 0 radical (unpaired) electrons. The van der Waals surface area contributed by atoms with Crippen molar-refractivity contribution in [2.45, 2.75) is 39.3 Å². The van der Waals surface area contributed by atoms with Crippen molar-refractivity contribution in [3.05, 3.63) is 23.8 Å². The summed E-state index contributed by atoms with van der Waals surface area (Å²) < 4.78 is 2.04. The van der Waals surface area contributed by atoms with E-state index in [9.17, 15) is 0 Å². The van der Waals surface area contributed by atoms with Gasteiger partial charge in [0.05, 0.1) is 11.9 Å². The molecule has 0 aliphatic carbocycles. The number of aryl methyl sites for hydroxylation is 1. The number of nitrogens with zero attached hydrogens (tertiary/aromatic N) is 3. The fraction of sp³-hybridized carbons (Fsp3) is 0.667. The molecular weight excluding hydrogens is 250 g/mol. The smallest absolute Gasteiger partial charge is 0.150 e. The zero-order chi connectivity index (χ0) is 14.5. The van der Waals surface area contributed by atoms with Crippen LogP contribution in [-0.2, 0) is 6.42 Å². The van der Waals surface area contributed by atoms with E-state index in [0.717, 1.165) is 31.9 Å². The van der Waals surface area contributed by atoms with Crippen molar-refractivity contribution in [3.63, 3.8) is 0 Å². The first-order valence-electron chi connectivity index (χ1n) is 7.53. The minimum atomic E-state index is 0.568. The molecule has 0 bridgehead atoms. The number of rotatable bonds is 5. The number of hydrogen-bond donors (Lipinski definition) is 2. The summed E-state index contributed by atoms with van der Waals surface area (Å²) in [5, 5.41) is 3.55. The molecule has 2 rings (SSSR count). The van der Waals surface area contributed by atoms with Gasteiger partial charge in [0.25, 0.3) is 0 Å². The Morgan fingerprint density at radius 3 is 2.70 bits per heavy atom. The molecule has 2 atom stereocenters. The Kier molecular flexibility index (Phi) is 5.20. The average Bonchev–Trinajstić information content (AvgIpc) is 2.79. The fourth-order valence-corrected chi connectivity index (χ4v) is 2.92. The molecule has 1 aliphatic heterocycles. The number of nitrogens with one attached hydrogen (secondary N) is 2. The molecule has 0 spiro atoms. The molecule has 20 heavy (non-hydrogen) atoms. The second-order valence-electron chi connectivity index (χ2n) is 5.61. The maximum atomic E-state index is 4.45. The van der Waals surface area contributed by atoms with Crippen LogP contribution in [0.25, 0.3) is 6.08 Å². The van der Waals surface area contributed by atoms with Gasteiger partial charge in [-0.1, -0.05) is 13.0 Å². The van der Waals surface area contributed by atoms with E-state index in [0.29, 0.717) is 12.1 Å². The standard InChI is InChI=1S/C15H27N5/c1-5-14-9-17-15(20(14)16-4)7-6-8-19-10-12(2)18-13(3)11-19/h6-7,9,12-13,16,18H,5,8,10-11H2,1-4H3/b7-6-/t12-,13+. The minimum absolute atomic E-state index is 0.568. The van der Waals surface area contributed by atoms with Crippen LogP contribution in [0.2, 0.25) is 0 Å². The molecule has 5 nitrogen and oxygen atoms in total. The lowest BCUT2D eigenvalue weighted by Gasteiger charge is -2.35. The van der Waals surface area contributed by atoms with E-state index in [1.807, 2.05) is 17.9 Å². The highest BCUT2D eigenvalue weighted by Gasteiger charge is 2.19. The van der Waals surface area contributed by atoms with E-state index in [1.165, 1.54) is 5.69 Å². The van der Waals surface area contributed by atoms with Gasteiger partial charge in [0, 0.05) is 38.8 Å². The van der Waals surface area contributed by atoms with Crippen LogP contribution >= 0.6 is 0 Å². The maximum Gasteiger partial charge on any atom is 0.150 e. The summed E-state index contributed by atoms with van der Waals surface area (Å²) in [6.45, 7) is 9.82. The molecule has 2 heterocycles. The Bertz CT molecular complexity index is 441. The van der Waals surface area contributed by atoms with Crippen LogP contribution in [0.3, 0.4) is 0 Å². The van der Waals surface area contributed by atoms with Crippen molar-refractivity contribution in [1.29, 1.82) is 0 Å². The van der Waals surface area contributed by atoms with Crippen LogP contribution in [0.5, 0.6) is 0 Å². The SMILES string of the molecule is CCc1cnc(/C=C\CN2C[C@@H](C)N[C@@H](C)C2)n1NC. The number of hydrogen-bond acceptors (Lipinski definition) is 4. The second kappa shape index (κ2) is 6.90. The summed E-state index contributed by atoms with van der Waals surface area (Å²) in [5.74, 6) is 0.973. The third-order valence-electron chi connectivity index (χ3n) is 3.71. The molecule has 2 N–H and O–H groups in total. The Balaban J connectivity index is 1.94. The van der Waals surface area contributed by atoms with Crippen molar-refractivity contribution >= 4 is 6.08 Å². The normalized spacial score (nSPS) is 24.4. The van der Waals surface area contributed by atoms with Gasteiger partial charge < -0.3 is 10.7 Å². The molecule has 5 heteroatoms. The Hall–Kier alpha value is -1.33. The predicted molar refractivity (Wildman–Crippen MR) is 84.4 cm³/mol. The van der Waals surface area contributed by atoms with Crippen molar-refractivity contribution < 1.29 is 0 Å². The third kappa shape index (κ3) is 3.61. The van der Waals surface area contributed by atoms with Crippen LogP contribution in [0.15, 0.2) is 12.3 Å². The van der Waals surface area contributed by atoms with Crippen LogP contribution in [0.4, 0.5) is 0 Å². The first-order valence-corrected chi connectivity index (χ1v) is 7.53. The summed E-state index contributed by atoms with van der Waals surface area (Å²) in [5.41, 5.74) is 4.38. The predicted octanol–water partition coefficient (Wildman–Crippen LogP) is 1.31. The third-order valence-corrected chi connectivity index (χ3v) is 3.71. The lowest BCUT2D eigenvalue weighted by atomic mass is 10.1. The van der Waals surface area contributed by atoms with Crippen LogP contribution in [0, 0.1) is 0 Å². The molecule has 112 valence electrons. The molecule has 1 aliphatic rings. The second-order valence-corrected chi connectivity index (χ2v) is 5.61. The van der Waals surface area contributed by atoms with Crippen molar-refractivity contribution in [3.8, 4) is 0 Å². The van der Waals surface area contributed by atoms with Gasteiger partial charge >= 0.3 is 0 Å². The highest BCUT2D eigenvalue weighted by atomic mass is 15.4. The summed E-state index contributed by atoms with van der Waals surface area (Å²) in [7, 11) is 1.93. The fourth-order valence-electron chi connectivity index (χ4n) is 2.92. The van der Waals surface area contributed by atoms with E-state index in [-0.39, 0.29) is 0 Å². The Labute approximate surface area is 122 Å².